The van der Waals surface area contributed by atoms with Gasteiger partial charge in [0, 0.05) is 21.9 Å². The SMILES string of the molecule is COc1ccc(Oc2cccc(CNC(=O)C3=CC4=C(CC=C3)Sc3ccccc3C(=O)N4)c2)cc1. The van der Waals surface area contributed by atoms with Crippen LogP contribution < -0.4 is 20.1 Å². The number of carbonyl (C=O) groups excluding carboxylic acids is 2. The second-order valence-corrected chi connectivity index (χ2v) is 9.34. The zero-order chi connectivity index (χ0) is 24.9. The molecule has 0 bridgehead atoms. The molecule has 0 saturated carbocycles. The molecule has 2 aliphatic rings. The van der Waals surface area contributed by atoms with E-state index in [1.54, 1.807) is 31.0 Å². The van der Waals surface area contributed by atoms with Crippen LogP contribution in [0, 0.1) is 0 Å². The molecule has 0 atom stereocenters. The third-order valence-corrected chi connectivity index (χ3v) is 6.93. The predicted molar refractivity (Wildman–Crippen MR) is 140 cm³/mol. The van der Waals surface area contributed by atoms with E-state index in [0.717, 1.165) is 21.1 Å². The molecule has 0 fully saturated rings. The Balaban J connectivity index is 1.26. The molecule has 5 rings (SSSR count). The first kappa shape index (κ1) is 23.5. The fourth-order valence-electron chi connectivity index (χ4n) is 3.88. The van der Waals surface area contributed by atoms with Gasteiger partial charge in [-0.15, -0.1) is 0 Å². The normalized spacial score (nSPS) is 14.5. The molecule has 6 nitrogen and oxygen atoms in total. The lowest BCUT2D eigenvalue weighted by Gasteiger charge is -2.10. The van der Waals surface area contributed by atoms with Crippen LogP contribution in [-0.2, 0) is 11.3 Å². The standard InChI is InChI=1S/C29H24N2O4S/c1-34-21-12-14-22(15-13-21)35-23-8-4-6-19(16-23)18-30-28(32)20-7-5-11-27-25(17-20)31-29(33)24-9-2-3-10-26(24)36-27/h2-10,12-17H,11,18H2,1H3,(H,30,32)(H,31,33). The summed E-state index contributed by atoms with van der Waals surface area (Å²) in [6.07, 6.45) is 6.12. The number of hydrogen-bond acceptors (Lipinski definition) is 5. The van der Waals surface area contributed by atoms with Gasteiger partial charge in [-0.05, 0) is 66.6 Å². The van der Waals surface area contributed by atoms with Gasteiger partial charge in [0.2, 0.25) is 0 Å². The summed E-state index contributed by atoms with van der Waals surface area (Å²) in [5.74, 6) is 1.74. The van der Waals surface area contributed by atoms with E-state index in [1.165, 1.54) is 0 Å². The number of methoxy groups -OCH3 is 1. The van der Waals surface area contributed by atoms with Crippen LogP contribution in [0.1, 0.15) is 22.3 Å². The molecule has 1 aliphatic carbocycles. The van der Waals surface area contributed by atoms with Gasteiger partial charge in [-0.3, -0.25) is 9.59 Å². The number of benzene rings is 3. The van der Waals surface area contributed by atoms with E-state index >= 15 is 0 Å². The number of fused-ring (bicyclic) bond motifs is 1. The maximum atomic E-state index is 13.0. The van der Waals surface area contributed by atoms with Crippen molar-refractivity contribution in [2.75, 3.05) is 7.11 Å². The van der Waals surface area contributed by atoms with Gasteiger partial charge in [0.25, 0.3) is 11.8 Å². The van der Waals surface area contributed by atoms with Crippen molar-refractivity contribution >= 4 is 23.6 Å². The van der Waals surface area contributed by atoms with E-state index in [4.69, 9.17) is 9.47 Å². The van der Waals surface area contributed by atoms with Crippen molar-refractivity contribution in [1.82, 2.24) is 10.6 Å². The molecule has 180 valence electrons. The summed E-state index contributed by atoms with van der Waals surface area (Å²) in [6, 6.07) is 22.4. The molecule has 0 radical (unpaired) electrons. The monoisotopic (exact) mass is 496 g/mol. The lowest BCUT2D eigenvalue weighted by Crippen LogP contribution is -2.25. The van der Waals surface area contributed by atoms with Crippen LogP contribution in [0.25, 0.3) is 0 Å². The van der Waals surface area contributed by atoms with Gasteiger partial charge in [-0.25, -0.2) is 0 Å². The predicted octanol–water partition coefficient (Wildman–Crippen LogP) is 5.74. The first-order chi connectivity index (χ1) is 17.6. The minimum absolute atomic E-state index is 0.172. The van der Waals surface area contributed by atoms with Crippen molar-refractivity contribution in [3.8, 4) is 17.2 Å². The lowest BCUT2D eigenvalue weighted by atomic mass is 10.1. The van der Waals surface area contributed by atoms with E-state index in [1.807, 2.05) is 78.9 Å². The second-order valence-electron chi connectivity index (χ2n) is 8.20. The van der Waals surface area contributed by atoms with Gasteiger partial charge in [0.1, 0.15) is 17.2 Å². The fraction of sp³-hybridized carbons (Fsp3) is 0.103. The van der Waals surface area contributed by atoms with Gasteiger partial charge in [0.15, 0.2) is 0 Å². The second kappa shape index (κ2) is 10.6. The van der Waals surface area contributed by atoms with E-state index in [2.05, 4.69) is 10.6 Å². The highest BCUT2D eigenvalue weighted by molar-refractivity contribution is 8.03. The third-order valence-electron chi connectivity index (χ3n) is 5.72. The molecule has 0 aromatic heterocycles. The van der Waals surface area contributed by atoms with Crippen molar-refractivity contribution in [3.63, 3.8) is 0 Å². The minimum Gasteiger partial charge on any atom is -0.497 e. The van der Waals surface area contributed by atoms with E-state index in [-0.39, 0.29) is 11.8 Å². The van der Waals surface area contributed by atoms with Gasteiger partial charge in [0.05, 0.1) is 18.4 Å². The molecule has 1 aliphatic heterocycles. The molecule has 3 aromatic carbocycles. The number of ether oxygens (including phenoxy) is 2. The average molecular weight is 497 g/mol. The van der Waals surface area contributed by atoms with Crippen LogP contribution in [0.3, 0.4) is 0 Å². The largest absolute Gasteiger partial charge is 0.497 e. The Labute approximate surface area is 213 Å². The Morgan fingerprint density at radius 3 is 2.64 bits per heavy atom. The van der Waals surface area contributed by atoms with Gasteiger partial charge >= 0.3 is 0 Å². The zero-order valence-electron chi connectivity index (χ0n) is 19.6. The highest BCUT2D eigenvalue weighted by Gasteiger charge is 2.22. The summed E-state index contributed by atoms with van der Waals surface area (Å²) in [6.45, 7) is 0.336. The molecular weight excluding hydrogens is 472 g/mol. The number of rotatable bonds is 6. The van der Waals surface area contributed by atoms with E-state index < -0.39 is 0 Å². The maximum absolute atomic E-state index is 13.0. The van der Waals surface area contributed by atoms with Crippen LogP contribution >= 0.6 is 11.8 Å². The topological polar surface area (TPSA) is 76.7 Å². The molecule has 0 unspecified atom stereocenters. The number of amides is 2. The molecule has 36 heavy (non-hydrogen) atoms. The minimum atomic E-state index is -0.220. The Hall–Kier alpha value is -4.23. The van der Waals surface area contributed by atoms with E-state index in [0.29, 0.717) is 41.3 Å². The van der Waals surface area contributed by atoms with Crippen LogP contribution in [-0.4, -0.2) is 18.9 Å². The first-order valence-electron chi connectivity index (χ1n) is 11.5. The summed E-state index contributed by atoms with van der Waals surface area (Å²) in [5.41, 5.74) is 2.68. The highest BCUT2D eigenvalue weighted by Crippen LogP contribution is 2.37. The van der Waals surface area contributed by atoms with Crippen LogP contribution in [0.4, 0.5) is 0 Å². The van der Waals surface area contributed by atoms with Crippen LogP contribution in [0.15, 0.2) is 112 Å². The molecule has 1 heterocycles. The third kappa shape index (κ3) is 5.37. The number of allylic oxidation sites excluding steroid dienone is 3. The molecule has 0 saturated heterocycles. The quantitative estimate of drug-likeness (QED) is 0.455. The number of nitrogens with one attached hydrogen (secondary N) is 2. The summed E-state index contributed by atoms with van der Waals surface area (Å²) >= 11 is 1.55. The summed E-state index contributed by atoms with van der Waals surface area (Å²) < 4.78 is 11.1. The van der Waals surface area contributed by atoms with Gasteiger partial charge < -0.3 is 20.1 Å². The molecule has 7 heteroatoms. The van der Waals surface area contributed by atoms with Gasteiger partial charge in [-0.2, -0.15) is 0 Å². The summed E-state index contributed by atoms with van der Waals surface area (Å²) in [5, 5.41) is 5.94. The highest BCUT2D eigenvalue weighted by atomic mass is 32.2. The lowest BCUT2D eigenvalue weighted by molar-refractivity contribution is -0.117. The fourth-order valence-corrected chi connectivity index (χ4v) is 4.96. The first-order valence-corrected chi connectivity index (χ1v) is 12.3. The summed E-state index contributed by atoms with van der Waals surface area (Å²) in [7, 11) is 1.62. The smallest absolute Gasteiger partial charge is 0.256 e. The number of thioether (sulfide) groups is 1. The molecule has 3 aromatic rings. The Bertz CT molecular complexity index is 1410. The van der Waals surface area contributed by atoms with Crippen molar-refractivity contribution < 1.29 is 19.1 Å². The average Bonchev–Trinajstić information content (AvgIpc) is 3.17. The van der Waals surface area contributed by atoms with Crippen molar-refractivity contribution in [2.45, 2.75) is 17.9 Å². The number of carbonyl (C=O) groups is 2. The Kier molecular flexibility index (Phi) is 6.91. The Morgan fingerprint density at radius 1 is 1.00 bits per heavy atom. The summed E-state index contributed by atoms with van der Waals surface area (Å²) in [4.78, 5) is 27.6. The maximum Gasteiger partial charge on any atom is 0.256 e. The van der Waals surface area contributed by atoms with Crippen LogP contribution in [0.2, 0.25) is 0 Å². The molecule has 2 N–H and O–H groups in total. The van der Waals surface area contributed by atoms with Crippen LogP contribution in [0.5, 0.6) is 17.2 Å². The zero-order valence-corrected chi connectivity index (χ0v) is 20.4. The number of hydrogen-bond donors (Lipinski definition) is 2. The Morgan fingerprint density at radius 2 is 1.81 bits per heavy atom. The van der Waals surface area contributed by atoms with E-state index in [9.17, 15) is 9.59 Å². The molecule has 0 spiro atoms. The molecular formula is C29H24N2O4S. The van der Waals surface area contributed by atoms with Gasteiger partial charge in [-0.1, -0.05) is 48.2 Å². The van der Waals surface area contributed by atoms with Crippen molar-refractivity contribution in [2.24, 2.45) is 0 Å². The molecule has 2 amide bonds. The van der Waals surface area contributed by atoms with Crippen molar-refractivity contribution in [3.05, 3.63) is 118 Å². The van der Waals surface area contributed by atoms with Crippen molar-refractivity contribution in [1.29, 1.82) is 0 Å².